The Bertz CT molecular complexity index is 770. The second-order valence-electron chi connectivity index (χ2n) is 7.42. The van der Waals surface area contributed by atoms with E-state index < -0.39 is 6.10 Å². The maximum Gasteiger partial charge on any atom is 0.261 e. The summed E-state index contributed by atoms with van der Waals surface area (Å²) in [6, 6.07) is 14.1. The molecule has 0 saturated heterocycles. The monoisotopic (exact) mass is 383 g/mol. The summed E-state index contributed by atoms with van der Waals surface area (Å²) in [5.74, 6) is 1.62. The maximum absolute atomic E-state index is 12.5. The predicted octanol–water partition coefficient (Wildman–Crippen LogP) is 5.00. The Kier molecular flexibility index (Phi) is 8.37. The molecule has 0 aliphatic carbocycles. The molecule has 2 aromatic rings. The second kappa shape index (κ2) is 10.7. The Balaban J connectivity index is 1.81. The van der Waals surface area contributed by atoms with Gasteiger partial charge in [0, 0.05) is 6.54 Å². The van der Waals surface area contributed by atoms with Gasteiger partial charge in [-0.1, -0.05) is 31.2 Å². The minimum absolute atomic E-state index is 0.0553. The summed E-state index contributed by atoms with van der Waals surface area (Å²) in [6.07, 6.45) is 2.09. The maximum atomic E-state index is 12.5. The minimum atomic E-state index is -0.469. The summed E-state index contributed by atoms with van der Waals surface area (Å²) >= 11 is 0. The zero-order valence-electron chi connectivity index (χ0n) is 17.7. The van der Waals surface area contributed by atoms with E-state index in [0.29, 0.717) is 13.0 Å². The first-order valence-corrected chi connectivity index (χ1v) is 10.2. The van der Waals surface area contributed by atoms with E-state index in [0.717, 1.165) is 35.5 Å². The number of carbonyl (C=O) groups is 1. The van der Waals surface area contributed by atoms with Gasteiger partial charge < -0.3 is 14.8 Å². The van der Waals surface area contributed by atoms with Crippen molar-refractivity contribution >= 4 is 5.91 Å². The molecule has 0 aliphatic rings. The van der Waals surface area contributed by atoms with Crippen molar-refractivity contribution in [2.75, 3.05) is 6.54 Å². The Morgan fingerprint density at radius 3 is 2.54 bits per heavy atom. The Hall–Kier alpha value is -2.49. The number of rotatable bonds is 10. The van der Waals surface area contributed by atoms with Crippen LogP contribution >= 0.6 is 0 Å². The molecule has 1 amide bonds. The van der Waals surface area contributed by atoms with Gasteiger partial charge in [0.2, 0.25) is 0 Å². The van der Waals surface area contributed by atoms with Gasteiger partial charge in [-0.15, -0.1) is 0 Å². The predicted molar refractivity (Wildman–Crippen MR) is 114 cm³/mol. The van der Waals surface area contributed by atoms with E-state index in [2.05, 4.69) is 17.4 Å². The topological polar surface area (TPSA) is 47.6 Å². The molecule has 0 fully saturated rings. The third-order valence-electron chi connectivity index (χ3n) is 4.70. The Labute approximate surface area is 169 Å². The van der Waals surface area contributed by atoms with Crippen LogP contribution in [0, 0.1) is 13.8 Å². The molecule has 0 aliphatic heterocycles. The highest BCUT2D eigenvalue weighted by molar-refractivity contribution is 5.81. The van der Waals surface area contributed by atoms with Gasteiger partial charge in [0.25, 0.3) is 5.91 Å². The van der Waals surface area contributed by atoms with Crippen molar-refractivity contribution in [1.29, 1.82) is 0 Å². The van der Waals surface area contributed by atoms with Crippen molar-refractivity contribution in [1.82, 2.24) is 5.32 Å². The molecule has 1 N–H and O–H groups in total. The average Bonchev–Trinajstić information content (AvgIpc) is 2.66. The first-order valence-electron chi connectivity index (χ1n) is 10.2. The van der Waals surface area contributed by atoms with Gasteiger partial charge in [-0.25, -0.2) is 0 Å². The molecule has 2 rings (SSSR count). The van der Waals surface area contributed by atoms with Gasteiger partial charge in [0.1, 0.15) is 11.5 Å². The summed E-state index contributed by atoms with van der Waals surface area (Å²) in [5.41, 5.74) is 3.46. The van der Waals surface area contributed by atoms with E-state index in [1.54, 1.807) is 0 Å². The van der Waals surface area contributed by atoms with Crippen molar-refractivity contribution in [2.24, 2.45) is 0 Å². The van der Waals surface area contributed by atoms with E-state index in [1.165, 1.54) is 5.56 Å². The van der Waals surface area contributed by atoms with Gasteiger partial charge in [0.15, 0.2) is 6.10 Å². The van der Waals surface area contributed by atoms with Crippen LogP contribution in [0.2, 0.25) is 0 Å². The van der Waals surface area contributed by atoms with E-state index in [4.69, 9.17) is 9.47 Å². The second-order valence-corrected chi connectivity index (χ2v) is 7.42. The number of hydrogen-bond acceptors (Lipinski definition) is 3. The molecule has 0 bridgehead atoms. The fourth-order valence-corrected chi connectivity index (χ4v) is 2.99. The quantitative estimate of drug-likeness (QED) is 0.588. The number of amides is 1. The Morgan fingerprint density at radius 1 is 1.07 bits per heavy atom. The third-order valence-corrected chi connectivity index (χ3v) is 4.70. The van der Waals surface area contributed by atoms with Crippen molar-refractivity contribution < 1.29 is 14.3 Å². The molecule has 28 heavy (non-hydrogen) atoms. The van der Waals surface area contributed by atoms with Crippen molar-refractivity contribution in [3.05, 3.63) is 59.2 Å². The average molecular weight is 384 g/mol. The normalized spacial score (nSPS) is 11.9. The van der Waals surface area contributed by atoms with Gasteiger partial charge in [-0.05, 0) is 81.8 Å². The van der Waals surface area contributed by atoms with E-state index in [-0.39, 0.29) is 12.0 Å². The van der Waals surface area contributed by atoms with Gasteiger partial charge in [-0.2, -0.15) is 0 Å². The first kappa shape index (κ1) is 21.8. The van der Waals surface area contributed by atoms with Crippen LogP contribution in [0.25, 0.3) is 0 Å². The number of nitrogens with one attached hydrogen (secondary N) is 1. The van der Waals surface area contributed by atoms with Crippen LogP contribution in [0.3, 0.4) is 0 Å². The summed E-state index contributed by atoms with van der Waals surface area (Å²) in [6.45, 7) is 10.7. The highest BCUT2D eigenvalue weighted by atomic mass is 16.5. The van der Waals surface area contributed by atoms with Crippen LogP contribution in [-0.2, 0) is 11.2 Å². The van der Waals surface area contributed by atoms with Gasteiger partial charge in [-0.3, -0.25) is 4.79 Å². The van der Waals surface area contributed by atoms with Crippen molar-refractivity contribution in [3.8, 4) is 11.5 Å². The lowest BCUT2D eigenvalue weighted by molar-refractivity contribution is -0.128. The lowest BCUT2D eigenvalue weighted by atomic mass is 10.1. The fourth-order valence-electron chi connectivity index (χ4n) is 2.99. The zero-order chi connectivity index (χ0) is 20.5. The summed E-state index contributed by atoms with van der Waals surface area (Å²) in [7, 11) is 0. The van der Waals surface area contributed by atoms with Crippen molar-refractivity contribution in [2.45, 2.75) is 66.1 Å². The zero-order valence-corrected chi connectivity index (χ0v) is 17.7. The van der Waals surface area contributed by atoms with E-state index in [9.17, 15) is 4.79 Å². The lowest BCUT2D eigenvalue weighted by Crippen LogP contribution is -2.38. The molecular weight excluding hydrogens is 350 g/mol. The van der Waals surface area contributed by atoms with E-state index in [1.807, 2.05) is 65.0 Å². The molecule has 4 nitrogen and oxygen atoms in total. The number of carbonyl (C=O) groups excluding carboxylic acids is 1. The highest BCUT2D eigenvalue weighted by Crippen LogP contribution is 2.22. The molecule has 0 saturated carbocycles. The van der Waals surface area contributed by atoms with Gasteiger partial charge >= 0.3 is 0 Å². The molecule has 0 spiro atoms. The van der Waals surface area contributed by atoms with Crippen molar-refractivity contribution in [3.63, 3.8) is 0 Å². The fraction of sp³-hybridized carbons (Fsp3) is 0.458. The number of benzene rings is 2. The Morgan fingerprint density at radius 2 is 1.82 bits per heavy atom. The van der Waals surface area contributed by atoms with Crippen LogP contribution in [0.1, 0.15) is 50.3 Å². The molecule has 0 aromatic heterocycles. The van der Waals surface area contributed by atoms with E-state index >= 15 is 0 Å². The summed E-state index contributed by atoms with van der Waals surface area (Å²) < 4.78 is 11.7. The van der Waals surface area contributed by atoms with Crippen LogP contribution in [-0.4, -0.2) is 24.7 Å². The number of ether oxygens (including phenoxy) is 2. The smallest absolute Gasteiger partial charge is 0.261 e. The van der Waals surface area contributed by atoms with Gasteiger partial charge in [0.05, 0.1) is 6.10 Å². The molecule has 2 aromatic carbocycles. The third kappa shape index (κ3) is 6.59. The van der Waals surface area contributed by atoms with Crippen LogP contribution < -0.4 is 14.8 Å². The molecule has 0 radical (unpaired) electrons. The minimum Gasteiger partial charge on any atom is -0.491 e. The molecular formula is C24H33NO3. The summed E-state index contributed by atoms with van der Waals surface area (Å²) in [4.78, 5) is 12.5. The molecule has 1 atom stereocenters. The molecule has 152 valence electrons. The summed E-state index contributed by atoms with van der Waals surface area (Å²) in [5, 5.41) is 3.01. The number of hydrogen-bond donors (Lipinski definition) is 1. The van der Waals surface area contributed by atoms with Crippen LogP contribution in [0.5, 0.6) is 11.5 Å². The SMILES string of the molecule is CC[C@@H](Oc1cccc(C)c1C)C(=O)NCCCc1cccc(OC(C)C)c1. The molecule has 0 heterocycles. The largest absolute Gasteiger partial charge is 0.491 e. The molecule has 0 unspecified atom stereocenters. The standard InChI is InChI=1S/C24H33NO3/c1-6-22(28-23-14-7-10-18(4)19(23)5)24(26)25-15-9-12-20-11-8-13-21(16-20)27-17(2)3/h7-8,10-11,13-14,16-17,22H,6,9,12,15H2,1-5H3,(H,25,26)/t22-/m1/s1. The lowest BCUT2D eigenvalue weighted by Gasteiger charge is -2.19. The number of aryl methyl sites for hydroxylation is 2. The first-order chi connectivity index (χ1) is 13.4. The highest BCUT2D eigenvalue weighted by Gasteiger charge is 2.19. The molecule has 4 heteroatoms. The van der Waals surface area contributed by atoms with Crippen LogP contribution in [0.15, 0.2) is 42.5 Å². The van der Waals surface area contributed by atoms with Crippen LogP contribution in [0.4, 0.5) is 0 Å².